The summed E-state index contributed by atoms with van der Waals surface area (Å²) in [5.74, 6) is -4.53. The Balaban J connectivity index is 2.09. The molecule has 11 nitrogen and oxygen atoms in total. The third kappa shape index (κ3) is 7.78. The predicted molar refractivity (Wildman–Crippen MR) is 134 cm³/mol. The first-order valence-electron chi connectivity index (χ1n) is 12.5. The molecule has 3 amide bonds. The number of rotatable bonds is 16. The highest BCUT2D eigenvalue weighted by atomic mass is 19.1. The van der Waals surface area contributed by atoms with Crippen LogP contribution in [0, 0.1) is 11.7 Å². The van der Waals surface area contributed by atoms with Gasteiger partial charge in [0.25, 0.3) is 5.91 Å². The van der Waals surface area contributed by atoms with Gasteiger partial charge in [0.05, 0.1) is 30.8 Å². The average Bonchev–Trinajstić information content (AvgIpc) is 3.39. The van der Waals surface area contributed by atoms with Gasteiger partial charge in [-0.05, 0) is 44.0 Å². The Bertz CT molecular complexity index is 1120. The molecule has 38 heavy (non-hydrogen) atoms. The minimum absolute atomic E-state index is 0.112. The number of furan rings is 1. The van der Waals surface area contributed by atoms with E-state index in [1.54, 1.807) is 13.8 Å². The Kier molecular flexibility index (Phi) is 11.7. The Hall–Kier alpha value is -3.93. The molecule has 12 heteroatoms. The number of nitrogens with one attached hydrogen (secondary N) is 2. The molecule has 0 fully saturated rings. The maximum absolute atomic E-state index is 14.4. The van der Waals surface area contributed by atoms with Crippen LogP contribution in [0.15, 0.2) is 28.7 Å². The minimum atomic E-state index is -1.48. The van der Waals surface area contributed by atoms with Crippen LogP contribution in [0.5, 0.6) is 5.75 Å². The van der Waals surface area contributed by atoms with Crippen LogP contribution in [0.3, 0.4) is 0 Å². The lowest BCUT2D eigenvalue weighted by molar-refractivity contribution is -0.168. The van der Waals surface area contributed by atoms with E-state index in [9.17, 15) is 33.9 Å². The number of carboxylic acids is 1. The smallest absolute Gasteiger partial charge is 0.338 e. The van der Waals surface area contributed by atoms with Crippen molar-refractivity contribution in [3.8, 4) is 17.1 Å². The summed E-state index contributed by atoms with van der Waals surface area (Å²) in [6.07, 6.45) is 3.64. The van der Waals surface area contributed by atoms with E-state index < -0.39 is 41.1 Å². The van der Waals surface area contributed by atoms with Gasteiger partial charge in [0, 0.05) is 5.56 Å². The fraction of sp³-hybridized carbons (Fsp3) is 0.462. The number of halogens is 1. The second kappa shape index (κ2) is 14.7. The second-order valence-electron chi connectivity index (χ2n) is 8.52. The van der Waals surface area contributed by atoms with Crippen molar-refractivity contribution in [2.75, 3.05) is 13.3 Å². The van der Waals surface area contributed by atoms with Crippen molar-refractivity contribution in [1.82, 2.24) is 15.7 Å². The summed E-state index contributed by atoms with van der Waals surface area (Å²) in [6, 6.07) is 4.42. The molecule has 2 atom stereocenters. The second-order valence-corrected chi connectivity index (χ2v) is 8.52. The third-order valence-corrected chi connectivity index (χ3v) is 5.98. The summed E-state index contributed by atoms with van der Waals surface area (Å²) in [5, 5.41) is 24.8. The molecule has 2 rings (SSSR count). The molecule has 0 aliphatic heterocycles. The van der Waals surface area contributed by atoms with Crippen LogP contribution in [0.4, 0.5) is 4.39 Å². The van der Waals surface area contributed by atoms with Gasteiger partial charge in [-0.1, -0.05) is 33.1 Å². The lowest BCUT2D eigenvalue weighted by Gasteiger charge is -2.29. The zero-order valence-electron chi connectivity index (χ0n) is 21.7. The first-order chi connectivity index (χ1) is 18.2. The van der Waals surface area contributed by atoms with Gasteiger partial charge in [0.15, 0.2) is 17.3 Å². The van der Waals surface area contributed by atoms with Gasteiger partial charge in [-0.25, -0.2) is 14.2 Å². The summed E-state index contributed by atoms with van der Waals surface area (Å²) >= 11 is 0. The molecule has 0 radical (unpaired) electrons. The summed E-state index contributed by atoms with van der Waals surface area (Å²) in [7, 11) is 0. The van der Waals surface area contributed by atoms with Gasteiger partial charge in [-0.3, -0.25) is 19.6 Å². The number of hydrogen-bond acceptors (Lipinski definition) is 7. The number of unbranched alkanes of at least 4 members (excludes halogenated alkanes) is 2. The van der Waals surface area contributed by atoms with Gasteiger partial charge in [0.1, 0.15) is 5.76 Å². The fourth-order valence-corrected chi connectivity index (χ4v) is 4.05. The average molecular weight is 536 g/mol. The van der Waals surface area contributed by atoms with Crippen LogP contribution in [-0.2, 0) is 9.59 Å². The van der Waals surface area contributed by atoms with E-state index in [2.05, 4.69) is 10.6 Å². The van der Waals surface area contributed by atoms with Crippen molar-refractivity contribution >= 4 is 24.2 Å². The highest BCUT2D eigenvalue weighted by Crippen LogP contribution is 2.31. The molecule has 4 N–H and O–H groups in total. The molecule has 0 spiro atoms. The maximum atomic E-state index is 14.4. The van der Waals surface area contributed by atoms with E-state index in [1.807, 2.05) is 6.92 Å². The number of ether oxygens (including phenoxy) is 1. The first kappa shape index (κ1) is 30.3. The van der Waals surface area contributed by atoms with Crippen LogP contribution in [-0.4, -0.2) is 58.9 Å². The number of hydroxylamine groups is 2. The summed E-state index contributed by atoms with van der Waals surface area (Å²) in [6.45, 7) is 5.27. The van der Waals surface area contributed by atoms with Crippen molar-refractivity contribution in [1.29, 1.82) is 0 Å². The van der Waals surface area contributed by atoms with Crippen molar-refractivity contribution in [3.63, 3.8) is 0 Å². The van der Waals surface area contributed by atoms with Gasteiger partial charge < -0.3 is 24.9 Å². The number of benzene rings is 1. The minimum Gasteiger partial charge on any atom is -0.491 e. The molecular formula is C26H34FN3O8. The zero-order chi connectivity index (χ0) is 28.2. The molecule has 2 unspecified atom stereocenters. The molecule has 0 saturated carbocycles. The van der Waals surface area contributed by atoms with E-state index in [0.29, 0.717) is 17.9 Å². The molecular weight excluding hydrogens is 501 g/mol. The van der Waals surface area contributed by atoms with E-state index in [-0.39, 0.29) is 42.5 Å². The van der Waals surface area contributed by atoms with E-state index >= 15 is 0 Å². The van der Waals surface area contributed by atoms with Gasteiger partial charge in [-0.2, -0.15) is 0 Å². The van der Waals surface area contributed by atoms with Crippen molar-refractivity contribution in [2.24, 2.45) is 5.92 Å². The summed E-state index contributed by atoms with van der Waals surface area (Å²) in [5.41, 5.74) is -0.408. The van der Waals surface area contributed by atoms with Gasteiger partial charge in [-0.15, -0.1) is 0 Å². The number of carbonyl (C=O) groups is 4. The first-order valence-corrected chi connectivity index (χ1v) is 12.5. The van der Waals surface area contributed by atoms with E-state index in [1.165, 1.54) is 18.2 Å². The molecule has 2 aromatic rings. The number of amides is 3. The zero-order valence-corrected chi connectivity index (χ0v) is 21.7. The standard InChI is InChI=1S/C26H34FN3O8/c1-4-7-8-9-17(19(5-2)30(36)15-31)24(32)28-14-29-25(33)21-11-10-20(38-21)16-12-18(26(34)35)23(27)22(13-16)37-6-3/h10-13,15,17,19,36H,4-9,14H2,1-3H3,(H,28,32)(H,29,33)(H,34,35). The van der Waals surface area contributed by atoms with Gasteiger partial charge in [0.2, 0.25) is 12.3 Å². The number of carbonyl (C=O) groups excluding carboxylic acids is 3. The fourth-order valence-electron chi connectivity index (χ4n) is 4.05. The van der Waals surface area contributed by atoms with Crippen LogP contribution in [0.1, 0.15) is 73.8 Å². The Morgan fingerprint density at radius 3 is 2.50 bits per heavy atom. The van der Waals surface area contributed by atoms with Crippen LogP contribution >= 0.6 is 0 Å². The van der Waals surface area contributed by atoms with Gasteiger partial charge >= 0.3 is 5.97 Å². The highest BCUT2D eigenvalue weighted by molar-refractivity contribution is 5.93. The Labute approximate surface area is 219 Å². The van der Waals surface area contributed by atoms with Crippen molar-refractivity contribution < 1.29 is 43.0 Å². The number of carboxylic acid groups (broad SMARTS) is 1. The Morgan fingerprint density at radius 2 is 1.89 bits per heavy atom. The topological polar surface area (TPSA) is 158 Å². The van der Waals surface area contributed by atoms with E-state index in [0.717, 1.165) is 25.3 Å². The maximum Gasteiger partial charge on any atom is 0.338 e. The summed E-state index contributed by atoms with van der Waals surface area (Å²) in [4.78, 5) is 47.9. The quantitative estimate of drug-likeness (QED) is 0.0830. The summed E-state index contributed by atoms with van der Waals surface area (Å²) < 4.78 is 25.1. The van der Waals surface area contributed by atoms with Crippen molar-refractivity contribution in [2.45, 2.75) is 58.9 Å². The number of hydrogen-bond donors (Lipinski definition) is 4. The molecule has 0 saturated heterocycles. The Morgan fingerprint density at radius 1 is 1.16 bits per heavy atom. The third-order valence-electron chi connectivity index (χ3n) is 5.98. The largest absolute Gasteiger partial charge is 0.491 e. The van der Waals surface area contributed by atoms with Crippen LogP contribution < -0.4 is 15.4 Å². The predicted octanol–water partition coefficient (Wildman–Crippen LogP) is 3.81. The van der Waals surface area contributed by atoms with Crippen LogP contribution in [0.2, 0.25) is 0 Å². The monoisotopic (exact) mass is 535 g/mol. The number of nitrogens with zero attached hydrogens (tertiary/aromatic N) is 1. The van der Waals surface area contributed by atoms with E-state index in [4.69, 9.17) is 9.15 Å². The molecule has 1 aromatic carbocycles. The normalized spacial score (nSPS) is 12.3. The lowest BCUT2D eigenvalue weighted by atomic mass is 9.90. The van der Waals surface area contributed by atoms with Crippen molar-refractivity contribution in [3.05, 3.63) is 41.4 Å². The van der Waals surface area contributed by atoms with Crippen LogP contribution in [0.25, 0.3) is 11.3 Å². The number of aromatic carboxylic acids is 1. The highest BCUT2D eigenvalue weighted by Gasteiger charge is 2.30. The lowest BCUT2D eigenvalue weighted by Crippen LogP contribution is -2.47. The molecule has 1 aromatic heterocycles. The molecule has 1 heterocycles. The molecule has 208 valence electrons. The molecule has 0 aliphatic carbocycles. The molecule has 0 aliphatic rings. The SMILES string of the molecule is CCCCCC(C(=O)NCNC(=O)c1ccc(-c2cc(OCC)c(F)c(C(=O)O)c2)o1)C(CC)N(O)C=O. The molecule has 0 bridgehead atoms.